The van der Waals surface area contributed by atoms with Crippen molar-refractivity contribution in [3.05, 3.63) is 59.7 Å². The van der Waals surface area contributed by atoms with E-state index in [0.717, 1.165) is 0 Å². The zero-order valence-electron chi connectivity index (χ0n) is 15.2. The Morgan fingerprint density at radius 3 is 2.57 bits per heavy atom. The number of para-hydroxylation sites is 1. The lowest BCUT2D eigenvalue weighted by molar-refractivity contribution is -0.168. The number of hydrogen-bond donors (Lipinski definition) is 3. The lowest BCUT2D eigenvalue weighted by Gasteiger charge is -2.45. The fourth-order valence-corrected chi connectivity index (χ4v) is 2.95. The standard InChI is InChI=1S/C20H18N4O4/c1-19(2)17(25)20(26,15-10-13(11-21)8-9-16(15)28-19)24-18(23-12-22)27-14-6-4-3-5-7-14/h3-10,17,25-26H,1-2H3,(H,23,24)/t17-,20-/m0/s1. The third-order valence-electron chi connectivity index (χ3n) is 4.31. The third kappa shape index (κ3) is 3.47. The molecule has 0 amide bonds. The van der Waals surface area contributed by atoms with Gasteiger partial charge in [0.15, 0.2) is 6.19 Å². The van der Waals surface area contributed by atoms with Gasteiger partial charge in [0.1, 0.15) is 23.2 Å². The van der Waals surface area contributed by atoms with Crippen molar-refractivity contribution >= 4 is 6.02 Å². The van der Waals surface area contributed by atoms with E-state index in [1.54, 1.807) is 50.4 Å². The van der Waals surface area contributed by atoms with Crippen molar-refractivity contribution in [1.29, 1.82) is 10.5 Å². The number of rotatable bonds is 2. The highest BCUT2D eigenvalue weighted by Crippen LogP contribution is 2.45. The van der Waals surface area contributed by atoms with Crippen molar-refractivity contribution in [2.75, 3.05) is 0 Å². The van der Waals surface area contributed by atoms with Crippen LogP contribution >= 0.6 is 0 Å². The van der Waals surface area contributed by atoms with Crippen LogP contribution in [0.15, 0.2) is 53.5 Å². The quantitative estimate of drug-likeness (QED) is 0.314. The largest absolute Gasteiger partial charge is 0.484 e. The van der Waals surface area contributed by atoms with Crippen LogP contribution < -0.4 is 14.8 Å². The summed E-state index contributed by atoms with van der Waals surface area (Å²) in [6, 6.07) is 14.6. The number of nitriles is 2. The molecule has 8 heteroatoms. The normalized spacial score (nSPS) is 22.8. The van der Waals surface area contributed by atoms with Gasteiger partial charge in [-0.25, -0.2) is 5.32 Å². The Kier molecular flexibility index (Phi) is 4.93. The molecule has 0 bridgehead atoms. The van der Waals surface area contributed by atoms with Gasteiger partial charge in [-0.2, -0.15) is 15.5 Å². The minimum atomic E-state index is -2.22. The average Bonchev–Trinajstić information content (AvgIpc) is 2.67. The van der Waals surface area contributed by atoms with Crippen LogP contribution in [0.2, 0.25) is 0 Å². The molecule has 0 aliphatic carbocycles. The monoisotopic (exact) mass is 378 g/mol. The first-order chi connectivity index (χ1) is 13.3. The van der Waals surface area contributed by atoms with E-state index in [4.69, 9.17) is 14.7 Å². The smallest absolute Gasteiger partial charge is 0.306 e. The number of amidine groups is 1. The van der Waals surface area contributed by atoms with Crippen molar-refractivity contribution in [2.24, 2.45) is 4.99 Å². The minimum absolute atomic E-state index is 0.0901. The predicted molar refractivity (Wildman–Crippen MR) is 99.0 cm³/mol. The van der Waals surface area contributed by atoms with E-state index >= 15 is 0 Å². The van der Waals surface area contributed by atoms with Crippen LogP contribution in [0.4, 0.5) is 0 Å². The molecule has 0 aromatic heterocycles. The summed E-state index contributed by atoms with van der Waals surface area (Å²) < 4.78 is 11.3. The first-order valence-electron chi connectivity index (χ1n) is 8.42. The molecule has 142 valence electrons. The van der Waals surface area contributed by atoms with Gasteiger partial charge in [0.05, 0.1) is 17.2 Å². The summed E-state index contributed by atoms with van der Waals surface area (Å²) in [5, 5.41) is 42.7. The number of ether oxygens (including phenoxy) is 2. The minimum Gasteiger partial charge on any atom is -0.484 e. The third-order valence-corrected chi connectivity index (χ3v) is 4.31. The molecule has 2 atom stereocenters. The SMILES string of the molecule is CC1(C)Oc2ccc(C#N)cc2[C@@](O)(N=C(NC#N)Oc2ccccc2)[C@H]1O. The summed E-state index contributed by atoms with van der Waals surface area (Å²) in [6.07, 6.45) is 0.177. The van der Waals surface area contributed by atoms with Crippen LogP contribution in [0.3, 0.4) is 0 Å². The molecule has 0 unspecified atom stereocenters. The van der Waals surface area contributed by atoms with Crippen molar-refractivity contribution in [3.8, 4) is 23.8 Å². The molecule has 2 aromatic carbocycles. The molecule has 0 saturated carbocycles. The summed E-state index contributed by atoms with van der Waals surface area (Å²) in [7, 11) is 0. The van der Waals surface area contributed by atoms with Crippen molar-refractivity contribution in [3.63, 3.8) is 0 Å². The Morgan fingerprint density at radius 2 is 1.93 bits per heavy atom. The Balaban J connectivity index is 2.14. The van der Waals surface area contributed by atoms with Gasteiger partial charge in [-0.15, -0.1) is 0 Å². The fraction of sp³-hybridized carbons (Fsp3) is 0.250. The summed E-state index contributed by atoms with van der Waals surface area (Å²) in [6.45, 7) is 3.18. The van der Waals surface area contributed by atoms with E-state index in [9.17, 15) is 15.5 Å². The van der Waals surface area contributed by atoms with Gasteiger partial charge < -0.3 is 19.7 Å². The molecule has 8 nitrogen and oxygen atoms in total. The van der Waals surface area contributed by atoms with Gasteiger partial charge in [0, 0.05) is 0 Å². The number of hydrogen-bond acceptors (Lipinski definition) is 7. The highest BCUT2D eigenvalue weighted by Gasteiger charge is 2.53. The number of fused-ring (bicyclic) bond motifs is 1. The number of aliphatic hydroxyl groups is 2. The highest BCUT2D eigenvalue weighted by atomic mass is 16.5. The summed E-state index contributed by atoms with van der Waals surface area (Å²) in [5.41, 5.74) is -3.09. The first kappa shape index (κ1) is 19.2. The zero-order chi connectivity index (χ0) is 20.4. The first-order valence-corrected chi connectivity index (χ1v) is 8.42. The molecule has 0 saturated heterocycles. The number of nitrogens with zero attached hydrogens (tertiary/aromatic N) is 3. The van der Waals surface area contributed by atoms with Gasteiger partial charge in [0.25, 0.3) is 0 Å². The van der Waals surface area contributed by atoms with Crippen LogP contribution in [0.1, 0.15) is 25.0 Å². The second-order valence-electron chi connectivity index (χ2n) is 6.73. The van der Waals surface area contributed by atoms with Gasteiger partial charge in [-0.1, -0.05) is 18.2 Å². The molecule has 0 fully saturated rings. The topological polar surface area (TPSA) is 131 Å². The molecule has 0 spiro atoms. The van der Waals surface area contributed by atoms with Crippen LogP contribution in [-0.2, 0) is 5.72 Å². The molecule has 0 radical (unpaired) electrons. The Morgan fingerprint density at radius 1 is 1.21 bits per heavy atom. The lowest BCUT2D eigenvalue weighted by atomic mass is 9.83. The van der Waals surface area contributed by atoms with Crippen LogP contribution in [0.5, 0.6) is 11.5 Å². The molecule has 3 rings (SSSR count). The lowest BCUT2D eigenvalue weighted by Crippen LogP contribution is -2.58. The molecule has 2 aromatic rings. The molecule has 1 heterocycles. The van der Waals surface area contributed by atoms with Gasteiger partial charge in [0.2, 0.25) is 5.72 Å². The van der Waals surface area contributed by atoms with Crippen LogP contribution in [-0.4, -0.2) is 27.9 Å². The molecular weight excluding hydrogens is 360 g/mol. The maximum atomic E-state index is 11.4. The number of aliphatic imine (C=N–C) groups is 1. The fourth-order valence-electron chi connectivity index (χ4n) is 2.95. The van der Waals surface area contributed by atoms with E-state index in [1.807, 2.05) is 6.07 Å². The van der Waals surface area contributed by atoms with E-state index < -0.39 is 17.4 Å². The van der Waals surface area contributed by atoms with Gasteiger partial charge in [-0.05, 0) is 44.2 Å². The van der Waals surface area contributed by atoms with Gasteiger partial charge in [-0.3, -0.25) is 0 Å². The summed E-state index contributed by atoms with van der Waals surface area (Å²) >= 11 is 0. The van der Waals surface area contributed by atoms with E-state index in [0.29, 0.717) is 5.75 Å². The number of benzene rings is 2. The van der Waals surface area contributed by atoms with E-state index in [-0.39, 0.29) is 22.9 Å². The maximum absolute atomic E-state index is 11.4. The predicted octanol–water partition coefficient (Wildman–Crippen LogP) is 1.74. The highest BCUT2D eigenvalue weighted by molar-refractivity contribution is 5.78. The van der Waals surface area contributed by atoms with Gasteiger partial charge >= 0.3 is 6.02 Å². The molecular formula is C20H18N4O4. The Labute approximate surface area is 161 Å². The zero-order valence-corrected chi connectivity index (χ0v) is 15.2. The van der Waals surface area contributed by atoms with Crippen molar-refractivity contribution < 1.29 is 19.7 Å². The molecule has 28 heavy (non-hydrogen) atoms. The second-order valence-corrected chi connectivity index (χ2v) is 6.73. The van der Waals surface area contributed by atoms with E-state index in [2.05, 4.69) is 10.3 Å². The Hall–Kier alpha value is -3.59. The average molecular weight is 378 g/mol. The molecule has 1 aliphatic rings. The van der Waals surface area contributed by atoms with Crippen LogP contribution in [0, 0.1) is 22.8 Å². The maximum Gasteiger partial charge on any atom is 0.306 e. The number of nitrogens with one attached hydrogen (secondary N) is 1. The Bertz CT molecular complexity index is 992. The van der Waals surface area contributed by atoms with Crippen LogP contribution in [0.25, 0.3) is 0 Å². The molecule has 1 aliphatic heterocycles. The second kappa shape index (κ2) is 7.20. The summed E-state index contributed by atoms with van der Waals surface area (Å²) in [4.78, 5) is 4.12. The number of aliphatic hydroxyl groups excluding tert-OH is 1. The van der Waals surface area contributed by atoms with Crippen molar-refractivity contribution in [1.82, 2.24) is 5.32 Å². The van der Waals surface area contributed by atoms with E-state index in [1.165, 1.54) is 18.2 Å². The van der Waals surface area contributed by atoms with Crippen molar-refractivity contribution in [2.45, 2.75) is 31.3 Å². The molecule has 3 N–H and O–H groups in total. The summed E-state index contributed by atoms with van der Waals surface area (Å²) in [5.74, 6) is 0.635.